The molecule has 3 saturated heterocycles. The Hall–Kier alpha value is -4.32. The summed E-state index contributed by atoms with van der Waals surface area (Å²) in [4.78, 5) is 33.5. The zero-order valence-corrected chi connectivity index (χ0v) is 34.9. The second kappa shape index (κ2) is 15.8. The van der Waals surface area contributed by atoms with Gasteiger partial charge in [-0.05, 0) is 106 Å². The van der Waals surface area contributed by atoms with Gasteiger partial charge in [0.25, 0.3) is 8.32 Å². The number of nitrogens with zero attached hydrogens (tertiary/aromatic N) is 2. The maximum atomic E-state index is 14.8. The van der Waals surface area contributed by atoms with E-state index in [4.69, 9.17) is 9.08 Å². The summed E-state index contributed by atoms with van der Waals surface area (Å²) in [7, 11) is -4.26. The van der Waals surface area contributed by atoms with Crippen LogP contribution in [0.5, 0.6) is 5.75 Å². The number of phenols is 1. The van der Waals surface area contributed by atoms with Crippen molar-refractivity contribution in [3.8, 4) is 5.75 Å². The van der Waals surface area contributed by atoms with Crippen LogP contribution in [0.3, 0.4) is 0 Å². The maximum Gasteiger partial charge on any atom is 0.487 e. The van der Waals surface area contributed by atoms with Crippen molar-refractivity contribution in [3.63, 3.8) is 0 Å². The summed E-state index contributed by atoms with van der Waals surface area (Å²) in [5.41, 5.74) is 5.10. The molecule has 0 saturated carbocycles. The Kier molecular flexibility index (Phi) is 10.9. The number of benzene rings is 4. The third kappa shape index (κ3) is 7.25. The van der Waals surface area contributed by atoms with E-state index in [1.165, 1.54) is 5.56 Å². The molecule has 4 aromatic rings. The minimum Gasteiger partial charge on any atom is -0.507 e. The van der Waals surface area contributed by atoms with Crippen LogP contribution in [0.2, 0.25) is 5.04 Å². The summed E-state index contributed by atoms with van der Waals surface area (Å²) in [5, 5.41) is 24.7. The van der Waals surface area contributed by atoms with Crippen molar-refractivity contribution in [1.29, 1.82) is 0 Å². The first kappa shape index (κ1) is 39.5. The molecule has 4 aliphatic rings. The lowest BCUT2D eigenvalue weighted by molar-refractivity contribution is -0.144. The van der Waals surface area contributed by atoms with Gasteiger partial charge in [0.05, 0.1) is 24.5 Å². The van der Waals surface area contributed by atoms with E-state index >= 15 is 0 Å². The first-order chi connectivity index (χ1) is 27.4. The Morgan fingerprint density at radius 2 is 1.39 bits per heavy atom. The van der Waals surface area contributed by atoms with Crippen molar-refractivity contribution in [2.75, 3.05) is 19.7 Å². The predicted octanol–water partition coefficient (Wildman–Crippen LogP) is 6.65. The average molecular weight is 783 g/mol. The van der Waals surface area contributed by atoms with Crippen molar-refractivity contribution in [2.45, 2.75) is 84.0 Å². The van der Waals surface area contributed by atoms with Gasteiger partial charge in [-0.2, -0.15) is 0 Å². The predicted molar refractivity (Wildman–Crippen MR) is 226 cm³/mol. The number of aromatic hydroxyl groups is 1. The van der Waals surface area contributed by atoms with E-state index in [0.717, 1.165) is 65.1 Å². The van der Waals surface area contributed by atoms with Gasteiger partial charge in [0.2, 0.25) is 11.8 Å². The molecule has 4 aromatic carbocycles. The van der Waals surface area contributed by atoms with Crippen LogP contribution in [0.4, 0.5) is 0 Å². The quantitative estimate of drug-likeness (QED) is 0.145. The zero-order valence-electron chi connectivity index (χ0n) is 33.9. The Labute approximate surface area is 338 Å². The minimum atomic E-state index is -2.98. The van der Waals surface area contributed by atoms with Gasteiger partial charge in [0, 0.05) is 25.7 Å². The van der Waals surface area contributed by atoms with Crippen LogP contribution in [-0.4, -0.2) is 72.9 Å². The average Bonchev–Trinajstić information content (AvgIpc) is 3.46. The number of phenolic OH excluding ortho intramolecular Hbond substituents is 1. The fourth-order valence-corrected chi connectivity index (χ4v) is 15.0. The molecule has 57 heavy (non-hydrogen) atoms. The maximum absolute atomic E-state index is 14.8. The largest absolute Gasteiger partial charge is 0.507 e. The summed E-state index contributed by atoms with van der Waals surface area (Å²) in [5.74, 6) is -1.52. The fraction of sp³-hybridized carbons (Fsp3) is 0.404. The molecule has 0 aromatic heterocycles. The SMILES string of the molecule is Cc1cc([C@@H]2C[C@@H]3C(=C(CO[Si](c4ccccc4)(c4ccccc4)C(C)(C)C)C[C@@H]4C(=O)N(C5CCN(Cc6ccccc6)CC5)C(=O)[C@@H]43)B(O)O2)cc(C)c1O. The molecular weight excluding hydrogens is 727 g/mol. The van der Waals surface area contributed by atoms with Gasteiger partial charge in [0.1, 0.15) is 5.75 Å². The number of allylic oxidation sites excluding steroid dienone is 1. The second-order valence-electron chi connectivity index (χ2n) is 17.7. The number of aryl methyl sites for hydroxylation is 2. The van der Waals surface area contributed by atoms with E-state index in [1.54, 1.807) is 4.90 Å². The molecule has 2 amide bonds. The van der Waals surface area contributed by atoms with Crippen molar-refractivity contribution in [1.82, 2.24) is 9.80 Å². The lowest BCUT2D eigenvalue weighted by Gasteiger charge is -2.45. The van der Waals surface area contributed by atoms with Gasteiger partial charge in [-0.3, -0.25) is 19.4 Å². The number of amides is 2. The van der Waals surface area contributed by atoms with Crippen molar-refractivity contribution < 1.29 is 28.8 Å². The van der Waals surface area contributed by atoms with Gasteiger partial charge in [-0.25, -0.2) is 0 Å². The Morgan fingerprint density at radius 3 is 1.95 bits per heavy atom. The van der Waals surface area contributed by atoms with Gasteiger partial charge in [-0.15, -0.1) is 0 Å². The van der Waals surface area contributed by atoms with Crippen molar-refractivity contribution >= 4 is 37.6 Å². The fourth-order valence-electron chi connectivity index (χ4n) is 10.5. The van der Waals surface area contributed by atoms with Gasteiger partial charge >= 0.3 is 7.12 Å². The molecule has 3 aliphatic heterocycles. The number of imide groups is 1. The second-order valence-corrected chi connectivity index (χ2v) is 22.0. The molecule has 10 heteroatoms. The van der Waals surface area contributed by atoms with Gasteiger partial charge in [0.15, 0.2) is 0 Å². The first-order valence-corrected chi connectivity index (χ1v) is 22.5. The highest BCUT2D eigenvalue weighted by molar-refractivity contribution is 6.99. The standard InChI is InChI=1S/C47H55BN2O6Si/c1-31-25-34(26-32(2)44(31)51)41-28-39-42-40(45(52)50(46(42)53)36-21-23-49(24-22-36)29-33-15-9-6-10-16-33)27-35(43(39)48(54)56-41)30-55-57(47(3,4)5,37-17-11-7-12-18-37)38-19-13-8-14-20-38/h6-20,25-26,36,39-42,51,54H,21-24,27-30H2,1-5H3/t39-,40-,41-,42+/m0/s1. The molecule has 3 heterocycles. The van der Waals surface area contributed by atoms with Crippen LogP contribution in [0.1, 0.15) is 74.8 Å². The normalized spacial score (nSPS) is 23.5. The monoisotopic (exact) mass is 782 g/mol. The summed E-state index contributed by atoms with van der Waals surface area (Å²) in [6, 6.07) is 35.0. The van der Waals surface area contributed by atoms with E-state index in [-0.39, 0.29) is 35.3 Å². The number of hydrogen-bond acceptors (Lipinski definition) is 7. The molecule has 0 radical (unpaired) electrons. The number of carbonyl (C=O) groups excluding carboxylic acids is 2. The highest BCUT2D eigenvalue weighted by Crippen LogP contribution is 2.53. The van der Waals surface area contributed by atoms with Crippen LogP contribution in [-0.2, 0) is 25.2 Å². The number of fused-ring (bicyclic) bond motifs is 3. The third-order valence-corrected chi connectivity index (χ3v) is 18.2. The van der Waals surface area contributed by atoms with Gasteiger partial charge in [-0.1, -0.05) is 112 Å². The molecule has 8 nitrogen and oxygen atoms in total. The number of hydrogen-bond donors (Lipinski definition) is 2. The van der Waals surface area contributed by atoms with Crippen LogP contribution >= 0.6 is 0 Å². The zero-order chi connectivity index (χ0) is 40.1. The van der Waals surface area contributed by atoms with E-state index in [0.29, 0.717) is 18.3 Å². The van der Waals surface area contributed by atoms with E-state index < -0.39 is 39.3 Å². The molecule has 0 spiro atoms. The summed E-state index contributed by atoms with van der Waals surface area (Å²) >= 11 is 0. The molecule has 0 bridgehead atoms. The van der Waals surface area contributed by atoms with Crippen molar-refractivity contribution in [3.05, 3.63) is 136 Å². The third-order valence-electron chi connectivity index (χ3n) is 13.2. The first-order valence-electron chi connectivity index (χ1n) is 20.6. The highest BCUT2D eigenvalue weighted by atomic mass is 28.4. The van der Waals surface area contributed by atoms with Crippen LogP contribution < -0.4 is 10.4 Å². The topological polar surface area (TPSA) is 99.5 Å². The molecule has 4 atom stereocenters. The molecule has 3 fully saturated rings. The number of piperidine rings is 1. The highest BCUT2D eigenvalue weighted by Gasteiger charge is 2.59. The Morgan fingerprint density at radius 1 is 0.825 bits per heavy atom. The van der Waals surface area contributed by atoms with Crippen molar-refractivity contribution in [2.24, 2.45) is 17.8 Å². The molecule has 0 unspecified atom stereocenters. The smallest absolute Gasteiger partial charge is 0.487 e. The van der Waals surface area contributed by atoms with Crippen LogP contribution in [0, 0.1) is 31.6 Å². The number of rotatable bonds is 9. The van der Waals surface area contributed by atoms with E-state index in [9.17, 15) is 19.7 Å². The van der Waals surface area contributed by atoms with Crippen LogP contribution in [0.15, 0.2) is 114 Å². The van der Waals surface area contributed by atoms with E-state index in [2.05, 4.69) is 98.5 Å². The molecular formula is C47H55BN2O6Si. The summed E-state index contributed by atoms with van der Waals surface area (Å²) in [6.45, 7) is 13.1. The molecule has 2 N–H and O–H groups in total. The summed E-state index contributed by atoms with van der Waals surface area (Å²) in [6.07, 6.45) is 1.72. The summed E-state index contributed by atoms with van der Waals surface area (Å²) < 4.78 is 13.9. The van der Waals surface area contributed by atoms with Gasteiger partial charge < -0.3 is 19.2 Å². The minimum absolute atomic E-state index is 0.0950. The number of likely N-dealkylation sites (tertiary alicyclic amines) is 2. The Balaban J connectivity index is 1.14. The molecule has 8 rings (SSSR count). The molecule has 1 aliphatic carbocycles. The van der Waals surface area contributed by atoms with Crippen LogP contribution in [0.25, 0.3) is 0 Å². The lowest BCUT2D eigenvalue weighted by Crippen LogP contribution is -2.66. The lowest BCUT2D eigenvalue weighted by atomic mass is 9.55. The molecule has 296 valence electrons. The Bertz CT molecular complexity index is 2070. The van der Waals surface area contributed by atoms with E-state index in [1.807, 2.05) is 44.2 Å². The number of carbonyl (C=O) groups is 2.